The van der Waals surface area contributed by atoms with Gasteiger partial charge in [-0.1, -0.05) is 112 Å². The van der Waals surface area contributed by atoms with Crippen LogP contribution in [-0.4, -0.2) is 75.5 Å². The van der Waals surface area contributed by atoms with E-state index in [0.717, 1.165) is 103 Å². The molecule has 0 radical (unpaired) electrons. The number of allylic oxidation sites excluding steroid dienone is 12. The maximum absolute atomic E-state index is 12.7. The Morgan fingerprint density at radius 1 is 0.577 bits per heavy atom. The van der Waals surface area contributed by atoms with Gasteiger partial charge in [0.1, 0.15) is 12.6 Å². The zero-order valence-corrected chi connectivity index (χ0v) is 33.4. The van der Waals surface area contributed by atoms with E-state index in [4.69, 9.17) is 14.2 Å². The Labute approximate surface area is 317 Å². The molecule has 0 aliphatic carbocycles. The van der Waals surface area contributed by atoms with Gasteiger partial charge >= 0.3 is 11.9 Å². The second-order valence-electron chi connectivity index (χ2n) is 14.1. The number of ether oxygens (including phenoxy) is 3. The van der Waals surface area contributed by atoms with Gasteiger partial charge < -0.3 is 28.6 Å². The van der Waals surface area contributed by atoms with Crippen molar-refractivity contribution in [2.24, 2.45) is 0 Å². The van der Waals surface area contributed by atoms with Crippen molar-refractivity contribution in [3.63, 3.8) is 0 Å². The molecule has 296 valence electrons. The molecular weight excluding hydrogens is 654 g/mol. The number of quaternary nitrogens is 1. The predicted molar refractivity (Wildman–Crippen MR) is 212 cm³/mol. The van der Waals surface area contributed by atoms with E-state index in [0.29, 0.717) is 6.42 Å². The minimum Gasteiger partial charge on any atom is -0.544 e. The van der Waals surface area contributed by atoms with Gasteiger partial charge in [0.05, 0.1) is 40.3 Å². The molecular formula is C44H73NO7. The van der Waals surface area contributed by atoms with Crippen LogP contribution in [0.3, 0.4) is 0 Å². The van der Waals surface area contributed by atoms with Gasteiger partial charge in [0, 0.05) is 19.3 Å². The van der Waals surface area contributed by atoms with Crippen LogP contribution in [0.1, 0.15) is 136 Å². The van der Waals surface area contributed by atoms with Crippen molar-refractivity contribution in [2.45, 2.75) is 148 Å². The standard InChI is InChI=1S/C44H73NO7/c1-6-8-10-12-14-16-18-20-22-24-26-28-30-32-34-42(46)51-39-40(38-50-37-36-41(44(48)49)45(3,4)5)52-43(47)35-33-31-29-27-25-23-21-19-17-15-13-11-9-7-2/h8-11,14-17,20-23,40-41H,6-7,12-13,18-19,24-39H2,1-5H3/b10-8+,11-9+,16-14+,17-15+,22-20+,23-21+. The maximum atomic E-state index is 12.7. The van der Waals surface area contributed by atoms with E-state index in [1.807, 2.05) is 0 Å². The molecule has 0 heterocycles. The van der Waals surface area contributed by atoms with Crippen LogP contribution in [-0.2, 0) is 28.6 Å². The van der Waals surface area contributed by atoms with Gasteiger partial charge in [0.2, 0.25) is 0 Å². The number of unbranched alkanes of at least 4 members (excludes halogenated alkanes) is 8. The zero-order valence-electron chi connectivity index (χ0n) is 33.4. The summed E-state index contributed by atoms with van der Waals surface area (Å²) in [5, 5.41) is 11.6. The van der Waals surface area contributed by atoms with Crippen molar-refractivity contribution in [3.05, 3.63) is 72.9 Å². The summed E-state index contributed by atoms with van der Waals surface area (Å²) < 4.78 is 17.1. The number of likely N-dealkylation sites (N-methyl/N-ethyl adjacent to an activating group) is 1. The van der Waals surface area contributed by atoms with Gasteiger partial charge in [0.25, 0.3) is 0 Å². The Hall–Kier alpha value is -3.23. The molecule has 0 saturated carbocycles. The van der Waals surface area contributed by atoms with E-state index in [9.17, 15) is 19.5 Å². The van der Waals surface area contributed by atoms with Gasteiger partial charge in [-0.15, -0.1) is 0 Å². The Kier molecular flexibility index (Phi) is 32.7. The smallest absolute Gasteiger partial charge is 0.306 e. The SMILES string of the molecule is CC/C=C/C/C=C/C/C=C/CCCCCCC(=O)OCC(COCCC(C(=O)[O-])[N+](C)(C)C)OC(=O)CCCCCC/C=C/C/C=C/C/C=C/CC. The summed E-state index contributed by atoms with van der Waals surface area (Å²) in [4.78, 5) is 36.7. The molecule has 2 atom stereocenters. The number of carboxylic acids is 1. The van der Waals surface area contributed by atoms with Gasteiger partial charge in [-0.25, -0.2) is 0 Å². The number of nitrogens with zero attached hydrogens (tertiary/aromatic N) is 1. The van der Waals surface area contributed by atoms with Crippen molar-refractivity contribution < 1.29 is 38.2 Å². The molecule has 0 spiro atoms. The first-order chi connectivity index (χ1) is 25.1. The fraction of sp³-hybridized carbons (Fsp3) is 0.659. The summed E-state index contributed by atoms with van der Waals surface area (Å²) in [7, 11) is 5.37. The van der Waals surface area contributed by atoms with Crippen LogP contribution in [0.4, 0.5) is 0 Å². The summed E-state index contributed by atoms with van der Waals surface area (Å²) >= 11 is 0. The maximum Gasteiger partial charge on any atom is 0.306 e. The number of esters is 2. The second kappa shape index (κ2) is 34.8. The first-order valence-corrected chi connectivity index (χ1v) is 20.0. The van der Waals surface area contributed by atoms with Gasteiger partial charge in [-0.3, -0.25) is 9.59 Å². The van der Waals surface area contributed by atoms with Crippen LogP contribution in [0.25, 0.3) is 0 Å². The monoisotopic (exact) mass is 728 g/mol. The van der Waals surface area contributed by atoms with Gasteiger partial charge in [-0.05, 0) is 77.0 Å². The van der Waals surface area contributed by atoms with Crippen LogP contribution in [0, 0.1) is 0 Å². The molecule has 0 aliphatic heterocycles. The molecule has 0 N–H and O–H groups in total. The third-order valence-electron chi connectivity index (χ3n) is 8.34. The van der Waals surface area contributed by atoms with Crippen LogP contribution in [0.15, 0.2) is 72.9 Å². The number of rotatable bonds is 34. The highest BCUT2D eigenvalue weighted by molar-refractivity contribution is 5.70. The largest absolute Gasteiger partial charge is 0.544 e. The molecule has 0 aromatic rings. The van der Waals surface area contributed by atoms with E-state index >= 15 is 0 Å². The highest BCUT2D eigenvalue weighted by Crippen LogP contribution is 2.12. The molecule has 0 rings (SSSR count). The normalized spacial score (nSPS) is 13.8. The Bertz CT molecular complexity index is 1080. The first-order valence-electron chi connectivity index (χ1n) is 20.0. The quantitative estimate of drug-likeness (QED) is 0.0282. The topological polar surface area (TPSA) is 102 Å². The molecule has 2 unspecified atom stereocenters. The summed E-state index contributed by atoms with van der Waals surface area (Å²) in [5.41, 5.74) is 0. The van der Waals surface area contributed by atoms with Crippen LogP contribution in [0.5, 0.6) is 0 Å². The zero-order chi connectivity index (χ0) is 38.5. The molecule has 0 amide bonds. The van der Waals surface area contributed by atoms with E-state index in [-0.39, 0.29) is 49.1 Å². The number of carboxylic acid groups (broad SMARTS) is 1. The van der Waals surface area contributed by atoms with E-state index in [2.05, 4.69) is 86.8 Å². The average Bonchev–Trinajstić information content (AvgIpc) is 3.09. The van der Waals surface area contributed by atoms with Gasteiger partial charge in [-0.2, -0.15) is 0 Å². The highest BCUT2D eigenvalue weighted by atomic mass is 16.6. The van der Waals surface area contributed by atoms with Crippen molar-refractivity contribution in [3.8, 4) is 0 Å². The molecule has 0 aromatic heterocycles. The molecule has 52 heavy (non-hydrogen) atoms. The Morgan fingerprint density at radius 3 is 1.48 bits per heavy atom. The Balaban J connectivity index is 4.49. The minimum atomic E-state index is -1.14. The lowest BCUT2D eigenvalue weighted by Crippen LogP contribution is -2.55. The van der Waals surface area contributed by atoms with Crippen molar-refractivity contribution >= 4 is 17.9 Å². The van der Waals surface area contributed by atoms with Crippen molar-refractivity contribution in [1.82, 2.24) is 0 Å². The molecule has 0 fully saturated rings. The lowest BCUT2D eigenvalue weighted by atomic mass is 10.1. The number of hydrogen-bond acceptors (Lipinski definition) is 7. The second-order valence-corrected chi connectivity index (χ2v) is 14.1. The molecule has 0 aliphatic rings. The van der Waals surface area contributed by atoms with Crippen LogP contribution in [0.2, 0.25) is 0 Å². The number of hydrogen-bond donors (Lipinski definition) is 0. The third kappa shape index (κ3) is 32.7. The molecule has 8 nitrogen and oxygen atoms in total. The van der Waals surface area contributed by atoms with Crippen LogP contribution >= 0.6 is 0 Å². The fourth-order valence-corrected chi connectivity index (χ4v) is 5.27. The summed E-state index contributed by atoms with van der Waals surface area (Å²) in [6.07, 6.45) is 42.1. The number of carbonyl (C=O) groups excluding carboxylic acids is 3. The average molecular weight is 728 g/mol. The third-order valence-corrected chi connectivity index (χ3v) is 8.34. The summed E-state index contributed by atoms with van der Waals surface area (Å²) in [6, 6.07) is -0.736. The Morgan fingerprint density at radius 2 is 1.02 bits per heavy atom. The molecule has 8 heteroatoms. The van der Waals surface area contributed by atoms with E-state index in [1.165, 1.54) is 0 Å². The van der Waals surface area contributed by atoms with Gasteiger partial charge in [0.15, 0.2) is 6.10 Å². The van der Waals surface area contributed by atoms with Crippen molar-refractivity contribution in [1.29, 1.82) is 0 Å². The first kappa shape index (κ1) is 48.8. The number of aliphatic carboxylic acids is 1. The molecule has 0 bridgehead atoms. The molecule has 0 aromatic carbocycles. The predicted octanol–water partition coefficient (Wildman–Crippen LogP) is 9.07. The lowest BCUT2D eigenvalue weighted by Gasteiger charge is -2.34. The van der Waals surface area contributed by atoms with Crippen LogP contribution < -0.4 is 5.11 Å². The lowest BCUT2D eigenvalue weighted by molar-refractivity contribution is -0.889. The van der Waals surface area contributed by atoms with Crippen molar-refractivity contribution in [2.75, 3.05) is 41.0 Å². The number of carbonyl (C=O) groups is 3. The van der Waals surface area contributed by atoms with E-state index < -0.39 is 18.1 Å². The van der Waals surface area contributed by atoms with E-state index in [1.54, 1.807) is 21.1 Å². The fourth-order valence-electron chi connectivity index (χ4n) is 5.27. The highest BCUT2D eigenvalue weighted by Gasteiger charge is 2.25. The molecule has 0 saturated heterocycles. The summed E-state index contributed by atoms with van der Waals surface area (Å²) in [5.74, 6) is -1.81. The minimum absolute atomic E-state index is 0.0199. The summed E-state index contributed by atoms with van der Waals surface area (Å²) in [6.45, 7) is 4.36.